The summed E-state index contributed by atoms with van der Waals surface area (Å²) in [4.78, 5) is 14.0. The summed E-state index contributed by atoms with van der Waals surface area (Å²) >= 11 is 0. The van der Waals surface area contributed by atoms with Crippen LogP contribution in [0.25, 0.3) is 0 Å². The lowest BCUT2D eigenvalue weighted by Gasteiger charge is -2.37. The van der Waals surface area contributed by atoms with E-state index in [2.05, 4.69) is 10.2 Å². The highest BCUT2D eigenvalue weighted by molar-refractivity contribution is 5.78. The number of carbonyl (C=O) groups excluding carboxylic acids is 1. The Morgan fingerprint density at radius 3 is 2.59 bits per heavy atom. The van der Waals surface area contributed by atoms with Crippen LogP contribution in [0.1, 0.15) is 38.5 Å². The van der Waals surface area contributed by atoms with E-state index in [9.17, 15) is 4.79 Å². The van der Waals surface area contributed by atoms with Gasteiger partial charge in [0.25, 0.3) is 0 Å². The largest absolute Gasteiger partial charge is 0.396 e. The average Bonchev–Trinajstić information content (AvgIpc) is 3.04. The maximum Gasteiger partial charge on any atom is 0.234 e. The molecule has 0 aliphatic heterocycles. The molecule has 2 aliphatic rings. The van der Waals surface area contributed by atoms with Crippen molar-refractivity contribution in [3.8, 4) is 0 Å². The Hall–Kier alpha value is -0.610. The molecule has 0 heterocycles. The van der Waals surface area contributed by atoms with Gasteiger partial charge in [-0.3, -0.25) is 9.69 Å². The number of aliphatic hydroxyl groups excluding tert-OH is 1. The molecule has 0 aromatic heterocycles. The fraction of sp³-hybridized carbons (Fsp3) is 0.923. The van der Waals surface area contributed by atoms with Gasteiger partial charge in [0.05, 0.1) is 6.54 Å². The van der Waals surface area contributed by atoms with Crippen LogP contribution >= 0.6 is 0 Å². The lowest BCUT2D eigenvalue weighted by molar-refractivity contribution is -0.123. The molecular formula is C13H24N2O2. The fourth-order valence-corrected chi connectivity index (χ4v) is 2.24. The number of rotatable bonds is 8. The second-order valence-corrected chi connectivity index (χ2v) is 5.38. The molecule has 4 heteroatoms. The predicted octanol–water partition coefficient (Wildman–Crippen LogP) is 0.749. The number of nitrogens with zero attached hydrogens (tertiary/aromatic N) is 1. The van der Waals surface area contributed by atoms with Gasteiger partial charge in [0.15, 0.2) is 0 Å². The van der Waals surface area contributed by atoms with Gasteiger partial charge in [0.2, 0.25) is 5.91 Å². The third-order valence-electron chi connectivity index (χ3n) is 3.83. The van der Waals surface area contributed by atoms with Gasteiger partial charge in [-0.2, -0.15) is 0 Å². The van der Waals surface area contributed by atoms with Crippen molar-refractivity contribution in [2.75, 3.05) is 26.2 Å². The van der Waals surface area contributed by atoms with Gasteiger partial charge in [-0.1, -0.05) is 6.42 Å². The van der Waals surface area contributed by atoms with E-state index in [1.807, 2.05) is 0 Å². The molecule has 0 bridgehead atoms. The molecule has 4 nitrogen and oxygen atoms in total. The molecule has 2 fully saturated rings. The van der Waals surface area contributed by atoms with Gasteiger partial charge in [-0.15, -0.1) is 0 Å². The quantitative estimate of drug-likeness (QED) is 0.658. The summed E-state index contributed by atoms with van der Waals surface area (Å²) in [5, 5.41) is 11.9. The van der Waals surface area contributed by atoms with Crippen LogP contribution in [0.2, 0.25) is 0 Å². The van der Waals surface area contributed by atoms with Gasteiger partial charge in [-0.25, -0.2) is 0 Å². The van der Waals surface area contributed by atoms with E-state index in [4.69, 9.17) is 5.11 Å². The van der Waals surface area contributed by atoms with Crippen LogP contribution in [-0.2, 0) is 4.79 Å². The minimum atomic E-state index is 0.154. The molecule has 0 radical (unpaired) electrons. The first-order chi connectivity index (χ1) is 8.29. The molecule has 17 heavy (non-hydrogen) atoms. The predicted molar refractivity (Wildman–Crippen MR) is 66.6 cm³/mol. The summed E-state index contributed by atoms with van der Waals surface area (Å²) in [5.74, 6) is 0.898. The van der Waals surface area contributed by atoms with Crippen molar-refractivity contribution < 1.29 is 9.90 Å². The van der Waals surface area contributed by atoms with Gasteiger partial charge in [0, 0.05) is 25.7 Å². The van der Waals surface area contributed by atoms with Crippen molar-refractivity contribution in [3.63, 3.8) is 0 Å². The van der Waals surface area contributed by atoms with Crippen molar-refractivity contribution in [2.45, 2.75) is 44.6 Å². The van der Waals surface area contributed by atoms with Crippen molar-refractivity contribution in [1.29, 1.82) is 0 Å². The third kappa shape index (κ3) is 4.28. The highest BCUT2D eigenvalue weighted by atomic mass is 16.3. The van der Waals surface area contributed by atoms with Crippen LogP contribution in [0, 0.1) is 5.92 Å². The van der Waals surface area contributed by atoms with Crippen molar-refractivity contribution in [1.82, 2.24) is 10.2 Å². The third-order valence-corrected chi connectivity index (χ3v) is 3.83. The van der Waals surface area contributed by atoms with Crippen LogP contribution in [0.15, 0.2) is 0 Å². The summed E-state index contributed by atoms with van der Waals surface area (Å²) in [7, 11) is 0. The molecule has 2 rings (SSSR count). The first kappa shape index (κ1) is 12.8. The number of carbonyl (C=O) groups is 1. The molecule has 0 unspecified atom stereocenters. The average molecular weight is 240 g/mol. The SMILES string of the molecule is O=C(CN(CCCO)C1CCC1)NCC1CC1. The normalized spacial score (nSPS) is 20.4. The Kier molecular flexibility index (Phi) is 4.80. The second kappa shape index (κ2) is 6.36. The highest BCUT2D eigenvalue weighted by Gasteiger charge is 2.27. The minimum absolute atomic E-state index is 0.154. The van der Waals surface area contributed by atoms with E-state index >= 15 is 0 Å². The monoisotopic (exact) mass is 240 g/mol. The van der Waals surface area contributed by atoms with Crippen molar-refractivity contribution in [3.05, 3.63) is 0 Å². The summed E-state index contributed by atoms with van der Waals surface area (Å²) in [5.41, 5.74) is 0. The second-order valence-electron chi connectivity index (χ2n) is 5.38. The molecular weight excluding hydrogens is 216 g/mol. The van der Waals surface area contributed by atoms with E-state index in [1.165, 1.54) is 32.1 Å². The Balaban J connectivity index is 1.68. The van der Waals surface area contributed by atoms with Crippen molar-refractivity contribution >= 4 is 5.91 Å². The first-order valence-corrected chi connectivity index (χ1v) is 6.91. The molecule has 2 saturated carbocycles. The van der Waals surface area contributed by atoms with E-state index in [-0.39, 0.29) is 12.5 Å². The smallest absolute Gasteiger partial charge is 0.234 e. The number of hydrogen-bond donors (Lipinski definition) is 2. The Morgan fingerprint density at radius 2 is 2.06 bits per heavy atom. The van der Waals surface area contributed by atoms with Gasteiger partial charge in [-0.05, 0) is 38.0 Å². The van der Waals surface area contributed by atoms with Gasteiger partial charge >= 0.3 is 0 Å². The lowest BCUT2D eigenvalue weighted by atomic mass is 9.91. The number of hydrogen-bond acceptors (Lipinski definition) is 3. The molecule has 0 aromatic rings. The first-order valence-electron chi connectivity index (χ1n) is 6.91. The molecule has 0 saturated heterocycles. The van der Waals surface area contributed by atoms with Crippen LogP contribution in [0.3, 0.4) is 0 Å². The lowest BCUT2D eigenvalue weighted by Crippen LogP contribution is -2.46. The van der Waals surface area contributed by atoms with Crippen LogP contribution in [0.4, 0.5) is 0 Å². The Labute approximate surface area is 103 Å². The highest BCUT2D eigenvalue weighted by Crippen LogP contribution is 2.27. The number of nitrogens with one attached hydrogen (secondary N) is 1. The van der Waals surface area contributed by atoms with E-state index in [0.717, 1.165) is 25.4 Å². The van der Waals surface area contributed by atoms with E-state index in [1.54, 1.807) is 0 Å². The van der Waals surface area contributed by atoms with Gasteiger partial charge in [0.1, 0.15) is 0 Å². The zero-order valence-corrected chi connectivity index (χ0v) is 10.5. The molecule has 98 valence electrons. The molecule has 0 spiro atoms. The maximum absolute atomic E-state index is 11.8. The summed E-state index contributed by atoms with van der Waals surface area (Å²) in [6, 6.07) is 0.577. The molecule has 1 amide bonds. The minimum Gasteiger partial charge on any atom is -0.396 e. The van der Waals surface area contributed by atoms with E-state index in [0.29, 0.717) is 12.6 Å². The molecule has 0 atom stereocenters. The number of aliphatic hydroxyl groups is 1. The summed E-state index contributed by atoms with van der Waals surface area (Å²) < 4.78 is 0. The van der Waals surface area contributed by atoms with E-state index < -0.39 is 0 Å². The maximum atomic E-state index is 11.8. The van der Waals surface area contributed by atoms with Gasteiger partial charge < -0.3 is 10.4 Å². The molecule has 0 aromatic carbocycles. The summed E-state index contributed by atoms with van der Waals surface area (Å²) in [6.07, 6.45) is 7.02. The van der Waals surface area contributed by atoms with Crippen LogP contribution in [-0.4, -0.2) is 48.2 Å². The van der Waals surface area contributed by atoms with Crippen molar-refractivity contribution in [2.24, 2.45) is 5.92 Å². The molecule has 2 aliphatic carbocycles. The zero-order chi connectivity index (χ0) is 12.1. The summed E-state index contributed by atoms with van der Waals surface area (Å²) in [6.45, 7) is 2.43. The Morgan fingerprint density at radius 1 is 1.29 bits per heavy atom. The van der Waals surface area contributed by atoms with Crippen LogP contribution < -0.4 is 5.32 Å². The zero-order valence-electron chi connectivity index (χ0n) is 10.5. The fourth-order valence-electron chi connectivity index (χ4n) is 2.24. The van der Waals surface area contributed by atoms with Crippen LogP contribution in [0.5, 0.6) is 0 Å². The topological polar surface area (TPSA) is 52.6 Å². The Bertz CT molecular complexity index is 250. The standard InChI is InChI=1S/C13H24N2O2/c16-8-2-7-15(12-3-1-4-12)10-13(17)14-9-11-5-6-11/h11-12,16H,1-10H2,(H,14,17). The molecule has 2 N–H and O–H groups in total. The number of amides is 1.